The highest BCUT2D eigenvalue weighted by atomic mass is 32.2. The lowest BCUT2D eigenvalue weighted by Crippen LogP contribution is -2.44. The van der Waals surface area contributed by atoms with Crippen LogP contribution >= 0.6 is 11.8 Å². The van der Waals surface area contributed by atoms with Gasteiger partial charge < -0.3 is 9.47 Å². The number of methoxy groups -OCH3 is 2. The summed E-state index contributed by atoms with van der Waals surface area (Å²) in [6.07, 6.45) is 0. The van der Waals surface area contributed by atoms with Crippen molar-refractivity contribution in [1.82, 2.24) is 4.90 Å². The molecule has 1 aliphatic rings. The lowest BCUT2D eigenvalue weighted by atomic mass is 10.0. The first-order valence-corrected chi connectivity index (χ1v) is 7.37. The molecule has 0 aromatic heterocycles. The van der Waals surface area contributed by atoms with Crippen LogP contribution in [0.15, 0.2) is 18.2 Å². The molecule has 1 fully saturated rings. The third-order valence-electron chi connectivity index (χ3n) is 3.37. The molecule has 1 heterocycles. The fraction of sp³-hybridized carbons (Fsp3) is 0.500. The van der Waals surface area contributed by atoms with E-state index >= 15 is 0 Å². The van der Waals surface area contributed by atoms with E-state index in [0.717, 1.165) is 18.1 Å². The SMILES string of the molecule is COc1ccc(OC)c(C(=O)C2CSCCN2C)c1. The summed E-state index contributed by atoms with van der Waals surface area (Å²) in [6.45, 7) is 0.938. The van der Waals surface area contributed by atoms with E-state index < -0.39 is 0 Å². The van der Waals surface area contributed by atoms with Crippen LogP contribution in [-0.2, 0) is 0 Å². The van der Waals surface area contributed by atoms with E-state index in [1.165, 1.54) is 0 Å². The van der Waals surface area contributed by atoms with Crippen LogP contribution in [-0.4, -0.2) is 56.0 Å². The smallest absolute Gasteiger partial charge is 0.184 e. The molecule has 1 aromatic carbocycles. The molecule has 1 aliphatic heterocycles. The maximum absolute atomic E-state index is 12.7. The summed E-state index contributed by atoms with van der Waals surface area (Å²) in [7, 11) is 5.17. The average Bonchev–Trinajstić information content (AvgIpc) is 2.46. The summed E-state index contributed by atoms with van der Waals surface area (Å²) in [6, 6.07) is 5.25. The van der Waals surface area contributed by atoms with Crippen LogP contribution in [0.2, 0.25) is 0 Å². The average molecular weight is 281 g/mol. The van der Waals surface area contributed by atoms with E-state index in [0.29, 0.717) is 17.1 Å². The summed E-state index contributed by atoms with van der Waals surface area (Å²) >= 11 is 1.82. The first-order chi connectivity index (χ1) is 9.17. The highest BCUT2D eigenvalue weighted by Crippen LogP contribution is 2.27. The predicted molar refractivity (Wildman–Crippen MR) is 77.6 cm³/mol. The topological polar surface area (TPSA) is 38.8 Å². The molecule has 0 aliphatic carbocycles. The standard InChI is InChI=1S/C14H19NO3S/c1-15-6-7-19-9-12(15)14(16)11-8-10(17-2)4-5-13(11)18-3/h4-5,8,12H,6-7,9H2,1-3H3. The van der Waals surface area contributed by atoms with Gasteiger partial charge in [-0.15, -0.1) is 0 Å². The second kappa shape index (κ2) is 6.30. The van der Waals surface area contributed by atoms with Gasteiger partial charge in [-0.05, 0) is 25.2 Å². The van der Waals surface area contributed by atoms with Crippen molar-refractivity contribution in [3.05, 3.63) is 23.8 Å². The van der Waals surface area contributed by atoms with E-state index in [1.54, 1.807) is 32.4 Å². The van der Waals surface area contributed by atoms with Crippen LogP contribution in [0.3, 0.4) is 0 Å². The molecule has 104 valence electrons. The number of nitrogens with zero attached hydrogens (tertiary/aromatic N) is 1. The molecule has 0 saturated carbocycles. The number of hydrogen-bond acceptors (Lipinski definition) is 5. The Morgan fingerprint density at radius 2 is 2.16 bits per heavy atom. The molecule has 19 heavy (non-hydrogen) atoms. The molecule has 0 radical (unpaired) electrons. The lowest BCUT2D eigenvalue weighted by Gasteiger charge is -2.31. The fourth-order valence-corrected chi connectivity index (χ4v) is 3.36. The molecule has 4 nitrogen and oxygen atoms in total. The van der Waals surface area contributed by atoms with E-state index in [1.807, 2.05) is 18.8 Å². The van der Waals surface area contributed by atoms with Crippen molar-refractivity contribution in [3.8, 4) is 11.5 Å². The van der Waals surface area contributed by atoms with Gasteiger partial charge >= 0.3 is 0 Å². The summed E-state index contributed by atoms with van der Waals surface area (Å²) in [5, 5.41) is 0. The number of carbonyl (C=O) groups is 1. The van der Waals surface area contributed by atoms with E-state index in [2.05, 4.69) is 4.90 Å². The number of carbonyl (C=O) groups excluding carboxylic acids is 1. The Morgan fingerprint density at radius 1 is 1.37 bits per heavy atom. The molecule has 1 atom stereocenters. The Kier molecular flexibility index (Phi) is 4.71. The quantitative estimate of drug-likeness (QED) is 0.789. The van der Waals surface area contributed by atoms with Crippen molar-refractivity contribution < 1.29 is 14.3 Å². The number of hydrogen-bond donors (Lipinski definition) is 0. The summed E-state index contributed by atoms with van der Waals surface area (Å²) in [4.78, 5) is 14.8. The van der Waals surface area contributed by atoms with Gasteiger partial charge in [0.2, 0.25) is 0 Å². The molecule has 5 heteroatoms. The first kappa shape index (κ1) is 14.2. The summed E-state index contributed by atoms with van der Waals surface area (Å²) in [5.74, 6) is 3.29. The molecule has 1 aromatic rings. The third-order valence-corrected chi connectivity index (χ3v) is 4.39. The maximum Gasteiger partial charge on any atom is 0.184 e. The van der Waals surface area contributed by atoms with Crippen LogP contribution < -0.4 is 9.47 Å². The van der Waals surface area contributed by atoms with Crippen LogP contribution in [0.1, 0.15) is 10.4 Å². The van der Waals surface area contributed by atoms with E-state index in [4.69, 9.17) is 9.47 Å². The minimum atomic E-state index is -0.0836. The van der Waals surface area contributed by atoms with Crippen molar-refractivity contribution in [1.29, 1.82) is 0 Å². The maximum atomic E-state index is 12.7. The van der Waals surface area contributed by atoms with Gasteiger partial charge in [0, 0.05) is 18.1 Å². The van der Waals surface area contributed by atoms with Crippen LogP contribution in [0.5, 0.6) is 11.5 Å². The minimum Gasteiger partial charge on any atom is -0.497 e. The van der Waals surface area contributed by atoms with Crippen molar-refractivity contribution in [2.75, 3.05) is 39.3 Å². The van der Waals surface area contributed by atoms with Gasteiger partial charge in [-0.25, -0.2) is 0 Å². The van der Waals surface area contributed by atoms with E-state index in [-0.39, 0.29) is 11.8 Å². The molecule has 0 bridgehead atoms. The molecular weight excluding hydrogens is 262 g/mol. The Morgan fingerprint density at radius 3 is 2.79 bits per heavy atom. The second-order valence-corrected chi connectivity index (χ2v) is 5.65. The zero-order chi connectivity index (χ0) is 13.8. The van der Waals surface area contributed by atoms with Crippen molar-refractivity contribution in [2.45, 2.75) is 6.04 Å². The van der Waals surface area contributed by atoms with Gasteiger partial charge in [0.05, 0.1) is 25.8 Å². The van der Waals surface area contributed by atoms with Crippen molar-refractivity contribution >= 4 is 17.5 Å². The highest BCUT2D eigenvalue weighted by Gasteiger charge is 2.29. The van der Waals surface area contributed by atoms with Gasteiger partial charge in [-0.2, -0.15) is 11.8 Å². The molecule has 0 spiro atoms. The van der Waals surface area contributed by atoms with Crippen molar-refractivity contribution in [2.24, 2.45) is 0 Å². The Bertz CT molecular complexity index is 464. The van der Waals surface area contributed by atoms with Gasteiger partial charge in [-0.3, -0.25) is 9.69 Å². The third kappa shape index (κ3) is 3.04. The predicted octanol–water partition coefficient (Wildman–Crippen LogP) is 1.93. The van der Waals surface area contributed by atoms with Gasteiger partial charge in [-0.1, -0.05) is 0 Å². The van der Waals surface area contributed by atoms with Gasteiger partial charge in [0.15, 0.2) is 5.78 Å². The summed E-state index contributed by atoms with van der Waals surface area (Å²) < 4.78 is 10.5. The summed E-state index contributed by atoms with van der Waals surface area (Å²) in [5.41, 5.74) is 0.598. The largest absolute Gasteiger partial charge is 0.497 e. The van der Waals surface area contributed by atoms with Crippen molar-refractivity contribution in [3.63, 3.8) is 0 Å². The normalized spacial score (nSPS) is 20.1. The Labute approximate surface area is 118 Å². The van der Waals surface area contributed by atoms with Crippen LogP contribution in [0.4, 0.5) is 0 Å². The molecular formula is C14H19NO3S. The number of benzene rings is 1. The van der Waals surface area contributed by atoms with Gasteiger partial charge in [0.25, 0.3) is 0 Å². The minimum absolute atomic E-state index is 0.0836. The molecule has 2 rings (SSSR count). The molecule has 1 unspecified atom stereocenters. The Balaban J connectivity index is 2.30. The number of likely N-dealkylation sites (N-methyl/N-ethyl adjacent to an activating group) is 1. The Hall–Kier alpha value is -1.20. The lowest BCUT2D eigenvalue weighted by molar-refractivity contribution is 0.0871. The number of thioether (sulfide) groups is 1. The van der Waals surface area contributed by atoms with Gasteiger partial charge in [0.1, 0.15) is 11.5 Å². The fourth-order valence-electron chi connectivity index (χ4n) is 2.15. The zero-order valence-corrected chi connectivity index (χ0v) is 12.3. The molecule has 0 N–H and O–H groups in total. The molecule has 1 saturated heterocycles. The first-order valence-electron chi connectivity index (χ1n) is 6.21. The van der Waals surface area contributed by atoms with Crippen LogP contribution in [0.25, 0.3) is 0 Å². The highest BCUT2D eigenvalue weighted by molar-refractivity contribution is 7.99. The van der Waals surface area contributed by atoms with E-state index in [9.17, 15) is 4.79 Å². The number of Topliss-reactive ketones (excluding diaryl/α,β-unsaturated/α-hetero) is 1. The van der Waals surface area contributed by atoms with Crippen LogP contribution in [0, 0.1) is 0 Å². The monoisotopic (exact) mass is 281 g/mol. The number of ketones is 1. The second-order valence-electron chi connectivity index (χ2n) is 4.50. The number of rotatable bonds is 4. The zero-order valence-electron chi connectivity index (χ0n) is 11.5. The number of ether oxygens (including phenoxy) is 2. The molecule has 0 amide bonds.